The van der Waals surface area contributed by atoms with E-state index in [1.807, 2.05) is 6.92 Å². The number of hydrogen-bond acceptors (Lipinski definition) is 3. The van der Waals surface area contributed by atoms with Crippen LogP contribution in [0.15, 0.2) is 4.42 Å². The van der Waals surface area contributed by atoms with E-state index in [1.54, 1.807) is 0 Å². The van der Waals surface area contributed by atoms with Gasteiger partial charge >= 0.3 is 0 Å². The first-order chi connectivity index (χ1) is 5.04. The SMILES string of the molecule is CCc1nnc(C(C)(C)C)o1. The molecule has 0 aliphatic carbocycles. The second kappa shape index (κ2) is 2.64. The Hall–Kier alpha value is -0.860. The van der Waals surface area contributed by atoms with Crippen LogP contribution in [-0.4, -0.2) is 10.2 Å². The molecule has 0 bridgehead atoms. The zero-order valence-electron chi connectivity index (χ0n) is 7.51. The Bertz CT molecular complexity index is 234. The maximum Gasteiger partial charge on any atom is 0.221 e. The molecule has 1 rings (SSSR count). The van der Waals surface area contributed by atoms with Crippen molar-refractivity contribution in [1.82, 2.24) is 10.2 Å². The van der Waals surface area contributed by atoms with Crippen molar-refractivity contribution in [3.8, 4) is 0 Å². The van der Waals surface area contributed by atoms with E-state index in [2.05, 4.69) is 31.0 Å². The van der Waals surface area contributed by atoms with Gasteiger partial charge in [-0.05, 0) is 0 Å². The van der Waals surface area contributed by atoms with Crippen LogP contribution in [0.5, 0.6) is 0 Å². The molecule has 0 aromatic carbocycles. The summed E-state index contributed by atoms with van der Waals surface area (Å²) in [6.07, 6.45) is 0.809. The molecular weight excluding hydrogens is 140 g/mol. The molecule has 3 heteroatoms. The van der Waals surface area contributed by atoms with E-state index < -0.39 is 0 Å². The highest BCUT2D eigenvalue weighted by molar-refractivity contribution is 4.95. The second-order valence-electron chi connectivity index (χ2n) is 3.60. The van der Waals surface area contributed by atoms with Crippen LogP contribution >= 0.6 is 0 Å². The minimum absolute atomic E-state index is 0.0274. The van der Waals surface area contributed by atoms with Gasteiger partial charge in [0.2, 0.25) is 11.8 Å². The number of hydrogen-bond donors (Lipinski definition) is 0. The molecule has 3 nitrogen and oxygen atoms in total. The van der Waals surface area contributed by atoms with Gasteiger partial charge in [0.15, 0.2) is 0 Å². The Morgan fingerprint density at radius 1 is 1.27 bits per heavy atom. The second-order valence-corrected chi connectivity index (χ2v) is 3.60. The van der Waals surface area contributed by atoms with Gasteiger partial charge in [-0.15, -0.1) is 10.2 Å². The van der Waals surface area contributed by atoms with Crippen LogP contribution in [0.25, 0.3) is 0 Å². The Morgan fingerprint density at radius 3 is 2.18 bits per heavy atom. The Morgan fingerprint density at radius 2 is 1.91 bits per heavy atom. The summed E-state index contributed by atoms with van der Waals surface area (Å²) in [6.45, 7) is 8.17. The van der Waals surface area contributed by atoms with E-state index in [4.69, 9.17) is 4.42 Å². The molecule has 1 aromatic rings. The van der Waals surface area contributed by atoms with Crippen molar-refractivity contribution < 1.29 is 4.42 Å². The number of aryl methyl sites for hydroxylation is 1. The lowest BCUT2D eigenvalue weighted by atomic mass is 9.97. The van der Waals surface area contributed by atoms with E-state index in [9.17, 15) is 0 Å². The van der Waals surface area contributed by atoms with E-state index >= 15 is 0 Å². The monoisotopic (exact) mass is 154 g/mol. The third kappa shape index (κ3) is 1.79. The van der Waals surface area contributed by atoms with Gasteiger partial charge in [-0.25, -0.2) is 0 Å². The average molecular weight is 154 g/mol. The molecule has 0 unspecified atom stereocenters. The van der Waals surface area contributed by atoms with Crippen molar-refractivity contribution in [3.63, 3.8) is 0 Å². The maximum atomic E-state index is 5.38. The van der Waals surface area contributed by atoms with Crippen molar-refractivity contribution >= 4 is 0 Å². The third-order valence-electron chi connectivity index (χ3n) is 1.41. The van der Waals surface area contributed by atoms with Gasteiger partial charge in [0.1, 0.15) is 0 Å². The largest absolute Gasteiger partial charge is 0.425 e. The molecule has 0 aliphatic heterocycles. The molecule has 0 fully saturated rings. The van der Waals surface area contributed by atoms with Crippen molar-refractivity contribution in [1.29, 1.82) is 0 Å². The molecule has 0 saturated heterocycles. The van der Waals surface area contributed by atoms with Crippen LogP contribution < -0.4 is 0 Å². The zero-order chi connectivity index (χ0) is 8.48. The van der Waals surface area contributed by atoms with Gasteiger partial charge in [-0.1, -0.05) is 27.7 Å². The lowest BCUT2D eigenvalue weighted by Crippen LogP contribution is -2.11. The molecule has 0 amide bonds. The predicted octanol–water partition coefficient (Wildman–Crippen LogP) is 1.93. The van der Waals surface area contributed by atoms with Crippen LogP contribution in [0.3, 0.4) is 0 Å². The highest BCUT2D eigenvalue weighted by Crippen LogP contribution is 2.19. The first kappa shape index (κ1) is 8.24. The summed E-state index contributed by atoms with van der Waals surface area (Å²) in [5.41, 5.74) is -0.0274. The highest BCUT2D eigenvalue weighted by atomic mass is 16.4. The number of aromatic nitrogens is 2. The van der Waals surface area contributed by atoms with Crippen LogP contribution in [0.4, 0.5) is 0 Å². The number of nitrogens with zero attached hydrogens (tertiary/aromatic N) is 2. The van der Waals surface area contributed by atoms with E-state index in [0.717, 1.165) is 12.3 Å². The van der Waals surface area contributed by atoms with Crippen molar-refractivity contribution in [2.24, 2.45) is 0 Å². The number of rotatable bonds is 1. The van der Waals surface area contributed by atoms with Crippen molar-refractivity contribution in [3.05, 3.63) is 11.8 Å². The summed E-state index contributed by atoms with van der Waals surface area (Å²) >= 11 is 0. The topological polar surface area (TPSA) is 38.9 Å². The summed E-state index contributed by atoms with van der Waals surface area (Å²) in [6, 6.07) is 0. The van der Waals surface area contributed by atoms with E-state index in [0.29, 0.717) is 5.89 Å². The Balaban J connectivity index is 2.89. The van der Waals surface area contributed by atoms with Gasteiger partial charge in [0, 0.05) is 11.8 Å². The molecule has 1 heterocycles. The highest BCUT2D eigenvalue weighted by Gasteiger charge is 2.20. The van der Waals surface area contributed by atoms with Crippen LogP contribution in [-0.2, 0) is 11.8 Å². The summed E-state index contributed by atoms with van der Waals surface area (Å²) in [7, 11) is 0. The predicted molar refractivity (Wildman–Crippen MR) is 42.4 cm³/mol. The van der Waals surface area contributed by atoms with Crippen molar-refractivity contribution in [2.75, 3.05) is 0 Å². The molecular formula is C8H14N2O. The summed E-state index contributed by atoms with van der Waals surface area (Å²) < 4.78 is 5.38. The fourth-order valence-electron chi connectivity index (χ4n) is 0.700. The van der Waals surface area contributed by atoms with E-state index in [-0.39, 0.29) is 5.41 Å². The smallest absolute Gasteiger partial charge is 0.221 e. The Kier molecular flexibility index (Phi) is 1.98. The molecule has 62 valence electrons. The lowest BCUT2D eigenvalue weighted by molar-refractivity contribution is 0.373. The van der Waals surface area contributed by atoms with Gasteiger partial charge < -0.3 is 4.42 Å². The fraction of sp³-hybridized carbons (Fsp3) is 0.750. The third-order valence-corrected chi connectivity index (χ3v) is 1.41. The fourth-order valence-corrected chi connectivity index (χ4v) is 0.700. The summed E-state index contributed by atoms with van der Waals surface area (Å²) in [5, 5.41) is 7.83. The Labute approximate surface area is 66.8 Å². The lowest BCUT2D eigenvalue weighted by Gasteiger charge is -2.10. The minimum atomic E-state index is -0.0274. The first-order valence-corrected chi connectivity index (χ1v) is 3.87. The summed E-state index contributed by atoms with van der Waals surface area (Å²) in [4.78, 5) is 0. The first-order valence-electron chi connectivity index (χ1n) is 3.87. The zero-order valence-corrected chi connectivity index (χ0v) is 7.51. The standard InChI is InChI=1S/C8H14N2O/c1-5-6-9-10-7(11-6)8(2,3)4/h5H2,1-4H3. The van der Waals surface area contributed by atoms with Crippen LogP contribution in [0.2, 0.25) is 0 Å². The average Bonchev–Trinajstić information content (AvgIpc) is 2.32. The van der Waals surface area contributed by atoms with Gasteiger partial charge in [0.05, 0.1) is 0 Å². The van der Waals surface area contributed by atoms with Crippen molar-refractivity contribution in [2.45, 2.75) is 39.5 Å². The molecule has 1 aromatic heterocycles. The normalized spacial score (nSPS) is 12.0. The molecule has 11 heavy (non-hydrogen) atoms. The summed E-state index contributed by atoms with van der Waals surface area (Å²) in [5.74, 6) is 1.43. The molecule has 0 atom stereocenters. The molecule has 0 spiro atoms. The van der Waals surface area contributed by atoms with Crippen LogP contribution in [0, 0.1) is 0 Å². The van der Waals surface area contributed by atoms with Gasteiger partial charge in [-0.3, -0.25) is 0 Å². The van der Waals surface area contributed by atoms with Gasteiger partial charge in [-0.2, -0.15) is 0 Å². The minimum Gasteiger partial charge on any atom is -0.425 e. The quantitative estimate of drug-likeness (QED) is 0.620. The van der Waals surface area contributed by atoms with Crippen LogP contribution in [0.1, 0.15) is 39.5 Å². The van der Waals surface area contributed by atoms with E-state index in [1.165, 1.54) is 0 Å². The molecule has 0 saturated carbocycles. The molecule has 0 aliphatic rings. The van der Waals surface area contributed by atoms with Gasteiger partial charge in [0.25, 0.3) is 0 Å². The maximum absolute atomic E-state index is 5.38. The molecule has 0 radical (unpaired) electrons. The molecule has 0 N–H and O–H groups in total.